The fraction of sp³-hybridized carbons (Fsp3) is 0.214. The first-order chi connectivity index (χ1) is 11.3. The van der Waals surface area contributed by atoms with Crippen molar-refractivity contribution in [3.05, 3.63) is 56.5 Å². The van der Waals surface area contributed by atoms with Gasteiger partial charge in [-0.05, 0) is 25.1 Å². The van der Waals surface area contributed by atoms with Crippen LogP contribution >= 0.6 is 0 Å². The maximum atomic E-state index is 12.7. The average Bonchev–Trinajstić information content (AvgIpc) is 2.91. The maximum Gasteiger partial charge on any atom is 0.326 e. The molecule has 0 aliphatic carbocycles. The molecule has 0 aliphatic rings. The fourth-order valence-electron chi connectivity index (χ4n) is 2.34. The van der Waals surface area contributed by atoms with E-state index in [-0.39, 0.29) is 22.3 Å². The molecule has 0 unspecified atom stereocenters. The van der Waals surface area contributed by atoms with E-state index in [9.17, 15) is 18.0 Å². The first-order valence-corrected chi connectivity index (χ1v) is 8.44. The highest BCUT2D eigenvalue weighted by Crippen LogP contribution is 2.19. The number of nitrogens with one attached hydrogen (secondary N) is 3. The van der Waals surface area contributed by atoms with E-state index in [1.807, 2.05) is 0 Å². The second kappa shape index (κ2) is 5.73. The molecule has 0 bridgehead atoms. The van der Waals surface area contributed by atoms with E-state index < -0.39 is 21.3 Å². The van der Waals surface area contributed by atoms with Crippen molar-refractivity contribution in [1.82, 2.24) is 24.5 Å². The molecule has 0 amide bonds. The zero-order valence-corrected chi connectivity index (χ0v) is 13.8. The molecule has 2 aromatic heterocycles. The Morgan fingerprint density at radius 3 is 2.62 bits per heavy atom. The predicted molar refractivity (Wildman–Crippen MR) is 87.2 cm³/mol. The molecule has 24 heavy (non-hydrogen) atoms. The van der Waals surface area contributed by atoms with Crippen LogP contribution in [0.1, 0.15) is 11.3 Å². The lowest BCUT2D eigenvalue weighted by molar-refractivity contribution is 0.466. The maximum absolute atomic E-state index is 12.7. The standard InChI is InChI=1S/C14H15N5O4S/c1-8-9(6-15-18-8)7-19(2)24(22,23)10-3-4-12-11(5-10)13(20)17-14(21)16-12/h3-6H,7H2,1-2H3,(H,15,18)(H2,16,17,20,21). The van der Waals surface area contributed by atoms with E-state index in [2.05, 4.69) is 20.2 Å². The molecule has 0 aliphatic heterocycles. The van der Waals surface area contributed by atoms with E-state index in [0.29, 0.717) is 0 Å². The summed E-state index contributed by atoms with van der Waals surface area (Å²) in [4.78, 5) is 27.6. The minimum atomic E-state index is -3.80. The molecule has 0 fully saturated rings. The smallest absolute Gasteiger partial charge is 0.307 e. The zero-order valence-electron chi connectivity index (χ0n) is 13.0. The number of aromatic nitrogens is 4. The predicted octanol–water partition coefficient (Wildman–Crippen LogP) is 0.0686. The van der Waals surface area contributed by atoms with Gasteiger partial charge in [-0.15, -0.1) is 0 Å². The number of rotatable bonds is 4. The summed E-state index contributed by atoms with van der Waals surface area (Å²) in [6.07, 6.45) is 1.57. The quantitative estimate of drug-likeness (QED) is 0.613. The third-order valence-electron chi connectivity index (χ3n) is 3.75. The van der Waals surface area contributed by atoms with Crippen LogP contribution in [0, 0.1) is 6.92 Å². The van der Waals surface area contributed by atoms with Gasteiger partial charge in [0.1, 0.15) is 0 Å². The van der Waals surface area contributed by atoms with Gasteiger partial charge in [0.15, 0.2) is 0 Å². The topological polar surface area (TPSA) is 132 Å². The monoisotopic (exact) mass is 349 g/mol. The molecular weight excluding hydrogens is 334 g/mol. The number of H-pyrrole nitrogens is 3. The fourth-order valence-corrected chi connectivity index (χ4v) is 3.52. The van der Waals surface area contributed by atoms with Gasteiger partial charge in [0.05, 0.1) is 22.0 Å². The number of benzene rings is 1. The summed E-state index contributed by atoms with van der Waals surface area (Å²) in [5.74, 6) is 0. The molecule has 3 rings (SSSR count). The highest BCUT2D eigenvalue weighted by Gasteiger charge is 2.22. The van der Waals surface area contributed by atoms with E-state index in [1.165, 1.54) is 29.6 Å². The average molecular weight is 349 g/mol. The zero-order chi connectivity index (χ0) is 17.5. The Morgan fingerprint density at radius 2 is 1.96 bits per heavy atom. The van der Waals surface area contributed by atoms with Crippen LogP contribution in [0.5, 0.6) is 0 Å². The van der Waals surface area contributed by atoms with E-state index in [1.54, 1.807) is 13.1 Å². The molecule has 3 N–H and O–H groups in total. The molecule has 2 heterocycles. The first kappa shape index (κ1) is 16.1. The molecule has 0 saturated heterocycles. The molecule has 9 nitrogen and oxygen atoms in total. The van der Waals surface area contributed by atoms with Crippen LogP contribution in [0.2, 0.25) is 0 Å². The van der Waals surface area contributed by atoms with E-state index in [0.717, 1.165) is 11.3 Å². The van der Waals surface area contributed by atoms with Gasteiger partial charge in [-0.1, -0.05) is 0 Å². The summed E-state index contributed by atoms with van der Waals surface area (Å²) in [6, 6.07) is 4.00. The number of aromatic amines is 3. The van der Waals surface area contributed by atoms with Crippen LogP contribution in [-0.2, 0) is 16.6 Å². The molecule has 10 heteroatoms. The SMILES string of the molecule is Cc1[nH]ncc1CN(C)S(=O)(=O)c1ccc2[nH]c(=O)[nH]c(=O)c2c1. The lowest BCUT2D eigenvalue weighted by Gasteiger charge is -2.17. The van der Waals surface area contributed by atoms with Crippen LogP contribution in [0.25, 0.3) is 10.9 Å². The van der Waals surface area contributed by atoms with Crippen molar-refractivity contribution in [1.29, 1.82) is 0 Å². The van der Waals surface area contributed by atoms with Gasteiger partial charge < -0.3 is 4.98 Å². The number of hydrogen-bond donors (Lipinski definition) is 3. The Bertz CT molecular complexity index is 1130. The third kappa shape index (κ3) is 2.76. The van der Waals surface area contributed by atoms with Crippen molar-refractivity contribution in [3.8, 4) is 0 Å². The normalized spacial score (nSPS) is 12.1. The summed E-state index contributed by atoms with van der Waals surface area (Å²) < 4.78 is 26.6. The Hall–Kier alpha value is -2.72. The number of fused-ring (bicyclic) bond motifs is 1. The summed E-state index contributed by atoms with van der Waals surface area (Å²) in [5, 5.41) is 6.72. The Balaban J connectivity index is 2.03. The van der Waals surface area contributed by atoms with Crippen molar-refractivity contribution in [2.75, 3.05) is 7.05 Å². The van der Waals surface area contributed by atoms with Crippen LogP contribution in [0.3, 0.4) is 0 Å². The Labute approximate surface area is 136 Å². The van der Waals surface area contributed by atoms with Crippen molar-refractivity contribution in [2.45, 2.75) is 18.4 Å². The largest absolute Gasteiger partial charge is 0.326 e. The molecule has 1 aromatic carbocycles. The van der Waals surface area contributed by atoms with Crippen molar-refractivity contribution < 1.29 is 8.42 Å². The minimum Gasteiger partial charge on any atom is -0.307 e. The number of sulfonamides is 1. The van der Waals surface area contributed by atoms with Crippen molar-refractivity contribution in [3.63, 3.8) is 0 Å². The Kier molecular flexibility index (Phi) is 3.85. The third-order valence-corrected chi connectivity index (χ3v) is 5.55. The van der Waals surface area contributed by atoms with Gasteiger partial charge in [0.25, 0.3) is 5.56 Å². The van der Waals surface area contributed by atoms with Gasteiger partial charge >= 0.3 is 5.69 Å². The van der Waals surface area contributed by atoms with E-state index >= 15 is 0 Å². The van der Waals surface area contributed by atoms with Gasteiger partial charge in [-0.2, -0.15) is 9.40 Å². The van der Waals surface area contributed by atoms with Crippen LogP contribution < -0.4 is 11.2 Å². The summed E-state index contributed by atoms with van der Waals surface area (Å²) in [7, 11) is -2.36. The highest BCUT2D eigenvalue weighted by atomic mass is 32.2. The minimum absolute atomic E-state index is 0.0313. The van der Waals surface area contributed by atoms with Gasteiger partial charge in [-0.25, -0.2) is 13.2 Å². The second-order valence-corrected chi connectivity index (χ2v) is 7.44. The molecule has 3 aromatic rings. The molecule has 0 saturated carbocycles. The number of hydrogen-bond acceptors (Lipinski definition) is 5. The van der Waals surface area contributed by atoms with Gasteiger partial charge in [0.2, 0.25) is 10.0 Å². The highest BCUT2D eigenvalue weighted by molar-refractivity contribution is 7.89. The summed E-state index contributed by atoms with van der Waals surface area (Å²) >= 11 is 0. The lowest BCUT2D eigenvalue weighted by Crippen LogP contribution is -2.27. The van der Waals surface area contributed by atoms with Crippen LogP contribution in [-0.4, -0.2) is 39.9 Å². The molecule has 126 valence electrons. The molecule has 0 atom stereocenters. The van der Waals surface area contributed by atoms with Crippen molar-refractivity contribution >= 4 is 20.9 Å². The lowest BCUT2D eigenvalue weighted by atomic mass is 10.2. The second-order valence-electron chi connectivity index (χ2n) is 5.40. The van der Waals surface area contributed by atoms with E-state index in [4.69, 9.17) is 0 Å². The van der Waals surface area contributed by atoms with Gasteiger partial charge in [-0.3, -0.25) is 14.9 Å². The number of nitrogens with zero attached hydrogens (tertiary/aromatic N) is 2. The van der Waals surface area contributed by atoms with Crippen LogP contribution in [0.15, 0.2) is 38.9 Å². The molecule has 0 spiro atoms. The van der Waals surface area contributed by atoms with Gasteiger partial charge in [0, 0.05) is 24.8 Å². The molecular formula is C14H15N5O4S. The summed E-state index contributed by atoms with van der Waals surface area (Å²) in [6.45, 7) is 1.94. The first-order valence-electron chi connectivity index (χ1n) is 7.00. The molecule has 0 radical (unpaired) electrons. The Morgan fingerprint density at radius 1 is 1.21 bits per heavy atom. The summed E-state index contributed by atoms with van der Waals surface area (Å²) in [5.41, 5.74) is 0.527. The van der Waals surface area contributed by atoms with Crippen molar-refractivity contribution in [2.24, 2.45) is 0 Å². The number of aryl methyl sites for hydroxylation is 1. The van der Waals surface area contributed by atoms with Crippen LogP contribution in [0.4, 0.5) is 0 Å².